The first-order valence-corrected chi connectivity index (χ1v) is 10.8. The van der Waals surface area contributed by atoms with Crippen molar-refractivity contribution < 1.29 is 13.2 Å². The summed E-state index contributed by atoms with van der Waals surface area (Å²) >= 11 is 0. The molecule has 0 spiro atoms. The van der Waals surface area contributed by atoms with E-state index in [1.807, 2.05) is 31.2 Å². The molecule has 0 unspecified atom stereocenters. The molecule has 6 heteroatoms. The second-order valence-corrected chi connectivity index (χ2v) is 8.94. The molecule has 1 N–H and O–H groups in total. The molecule has 1 aliphatic rings. The molecule has 0 bridgehead atoms. The lowest BCUT2D eigenvalue weighted by Crippen LogP contribution is -2.45. The molecule has 27 heavy (non-hydrogen) atoms. The average Bonchev–Trinajstić information content (AvgIpc) is 2.68. The van der Waals surface area contributed by atoms with Crippen LogP contribution in [0.1, 0.15) is 36.8 Å². The number of hydrogen-bond acceptors (Lipinski definition) is 3. The number of carbonyl (C=O) groups is 1. The smallest absolute Gasteiger partial charge is 0.243 e. The van der Waals surface area contributed by atoms with Crippen LogP contribution in [0.4, 0.5) is 0 Å². The normalized spacial score (nSPS) is 18.2. The van der Waals surface area contributed by atoms with E-state index in [1.165, 1.54) is 9.87 Å². The monoisotopic (exact) mass is 386 g/mol. The second-order valence-electron chi connectivity index (χ2n) is 7.04. The van der Waals surface area contributed by atoms with Crippen molar-refractivity contribution in [2.24, 2.45) is 0 Å². The quantitative estimate of drug-likeness (QED) is 0.829. The van der Waals surface area contributed by atoms with Gasteiger partial charge in [-0.25, -0.2) is 8.42 Å². The van der Waals surface area contributed by atoms with Crippen LogP contribution >= 0.6 is 0 Å². The highest BCUT2D eigenvalue weighted by molar-refractivity contribution is 7.89. The van der Waals surface area contributed by atoms with Crippen LogP contribution in [0.25, 0.3) is 0 Å². The Morgan fingerprint density at radius 3 is 2.48 bits per heavy atom. The van der Waals surface area contributed by atoms with Crippen LogP contribution in [0.3, 0.4) is 0 Å². The molecule has 3 rings (SSSR count). The maximum atomic E-state index is 13.0. The molecular formula is C21H26N2O3S. The highest BCUT2D eigenvalue weighted by Gasteiger charge is 2.34. The molecule has 1 atom stereocenters. The number of carbonyl (C=O) groups excluding carboxylic acids is 1. The molecule has 0 aromatic heterocycles. The molecule has 1 aliphatic heterocycles. The summed E-state index contributed by atoms with van der Waals surface area (Å²) in [6.07, 6.45) is 2.67. The van der Waals surface area contributed by atoms with Crippen LogP contribution < -0.4 is 5.32 Å². The van der Waals surface area contributed by atoms with Gasteiger partial charge in [0.25, 0.3) is 0 Å². The van der Waals surface area contributed by atoms with E-state index in [4.69, 9.17) is 0 Å². The molecule has 1 fully saturated rings. The maximum absolute atomic E-state index is 13.0. The summed E-state index contributed by atoms with van der Waals surface area (Å²) in [6.45, 7) is 2.94. The van der Waals surface area contributed by atoms with Crippen LogP contribution in [0.2, 0.25) is 0 Å². The van der Waals surface area contributed by atoms with Crippen molar-refractivity contribution in [3.05, 3.63) is 65.7 Å². The van der Waals surface area contributed by atoms with Gasteiger partial charge < -0.3 is 5.32 Å². The predicted molar refractivity (Wildman–Crippen MR) is 106 cm³/mol. The van der Waals surface area contributed by atoms with Gasteiger partial charge in [0.15, 0.2) is 0 Å². The number of piperidine rings is 1. The molecule has 2 aromatic carbocycles. The molecule has 0 aliphatic carbocycles. The van der Waals surface area contributed by atoms with E-state index >= 15 is 0 Å². The third-order valence-electron chi connectivity index (χ3n) is 4.95. The first kappa shape index (κ1) is 19.6. The molecule has 0 saturated carbocycles. The van der Waals surface area contributed by atoms with Gasteiger partial charge in [-0.1, -0.05) is 54.4 Å². The van der Waals surface area contributed by atoms with Crippen molar-refractivity contribution in [3.63, 3.8) is 0 Å². The van der Waals surface area contributed by atoms with Gasteiger partial charge in [-0.05, 0) is 37.5 Å². The van der Waals surface area contributed by atoms with Crippen molar-refractivity contribution in [2.45, 2.75) is 50.1 Å². The molecule has 144 valence electrons. The summed E-state index contributed by atoms with van der Waals surface area (Å²) in [5.74, 6) is -0.115. The first-order chi connectivity index (χ1) is 13.0. The maximum Gasteiger partial charge on any atom is 0.243 e. The van der Waals surface area contributed by atoms with E-state index in [0.29, 0.717) is 19.5 Å². The SMILES string of the molecule is Cc1ccc(CNC(=O)C[C@H]2CCCCN2S(=O)(=O)c2ccccc2)cc1. The van der Waals surface area contributed by atoms with Crippen LogP contribution in [0.5, 0.6) is 0 Å². The zero-order valence-electron chi connectivity index (χ0n) is 15.6. The third-order valence-corrected chi connectivity index (χ3v) is 6.92. The Labute approximate surface area is 161 Å². The summed E-state index contributed by atoms with van der Waals surface area (Å²) in [6, 6.07) is 16.2. The van der Waals surface area contributed by atoms with Crippen molar-refractivity contribution in [3.8, 4) is 0 Å². The Morgan fingerprint density at radius 2 is 1.78 bits per heavy atom. The largest absolute Gasteiger partial charge is 0.352 e. The minimum Gasteiger partial charge on any atom is -0.352 e. The number of sulfonamides is 1. The lowest BCUT2D eigenvalue weighted by atomic mass is 10.0. The van der Waals surface area contributed by atoms with Gasteiger partial charge in [-0.2, -0.15) is 4.31 Å². The lowest BCUT2D eigenvalue weighted by Gasteiger charge is -2.34. The van der Waals surface area contributed by atoms with Crippen molar-refractivity contribution >= 4 is 15.9 Å². The predicted octanol–water partition coefficient (Wildman–Crippen LogP) is 3.24. The van der Waals surface area contributed by atoms with Crippen molar-refractivity contribution in [2.75, 3.05) is 6.54 Å². The van der Waals surface area contributed by atoms with E-state index in [0.717, 1.165) is 18.4 Å². The Balaban J connectivity index is 1.65. The van der Waals surface area contributed by atoms with Crippen LogP contribution in [-0.2, 0) is 21.4 Å². The zero-order valence-corrected chi connectivity index (χ0v) is 16.4. The Bertz CT molecular complexity index is 864. The Kier molecular flexibility index (Phi) is 6.29. The van der Waals surface area contributed by atoms with Gasteiger partial charge >= 0.3 is 0 Å². The fraction of sp³-hybridized carbons (Fsp3) is 0.381. The Morgan fingerprint density at radius 1 is 1.07 bits per heavy atom. The van der Waals surface area contributed by atoms with Crippen LogP contribution in [0.15, 0.2) is 59.5 Å². The second kappa shape index (κ2) is 8.67. The molecule has 1 amide bonds. The molecule has 0 radical (unpaired) electrons. The number of nitrogens with one attached hydrogen (secondary N) is 1. The number of benzene rings is 2. The fourth-order valence-corrected chi connectivity index (χ4v) is 5.13. The van der Waals surface area contributed by atoms with Crippen molar-refractivity contribution in [1.29, 1.82) is 0 Å². The minimum atomic E-state index is -3.58. The van der Waals surface area contributed by atoms with E-state index in [1.54, 1.807) is 30.3 Å². The standard InChI is InChI=1S/C21H26N2O3S/c1-17-10-12-18(13-11-17)16-22-21(24)15-19-7-5-6-14-23(19)27(25,26)20-8-3-2-4-9-20/h2-4,8-13,19H,5-7,14-16H2,1H3,(H,22,24)/t19-/m1/s1. The molecule has 2 aromatic rings. The molecule has 1 saturated heterocycles. The van der Waals surface area contributed by atoms with Crippen LogP contribution in [0, 0.1) is 6.92 Å². The number of hydrogen-bond donors (Lipinski definition) is 1. The van der Waals surface area contributed by atoms with Gasteiger partial charge in [-0.15, -0.1) is 0 Å². The van der Waals surface area contributed by atoms with Gasteiger partial charge in [-0.3, -0.25) is 4.79 Å². The summed E-state index contributed by atoms with van der Waals surface area (Å²) in [5, 5.41) is 2.92. The lowest BCUT2D eigenvalue weighted by molar-refractivity contribution is -0.122. The number of aryl methyl sites for hydroxylation is 1. The van der Waals surface area contributed by atoms with E-state index < -0.39 is 10.0 Å². The molecule has 1 heterocycles. The van der Waals surface area contributed by atoms with E-state index in [9.17, 15) is 13.2 Å². The number of nitrogens with zero attached hydrogens (tertiary/aromatic N) is 1. The van der Waals surface area contributed by atoms with Gasteiger partial charge in [0.1, 0.15) is 0 Å². The minimum absolute atomic E-state index is 0.115. The third kappa shape index (κ3) is 4.96. The van der Waals surface area contributed by atoms with E-state index in [2.05, 4.69) is 5.32 Å². The summed E-state index contributed by atoms with van der Waals surface area (Å²) < 4.78 is 27.5. The highest BCUT2D eigenvalue weighted by Crippen LogP contribution is 2.27. The number of rotatable bonds is 6. The number of amides is 1. The Hall–Kier alpha value is -2.18. The topological polar surface area (TPSA) is 66.5 Å². The zero-order chi connectivity index (χ0) is 19.3. The molecule has 5 nitrogen and oxygen atoms in total. The van der Waals surface area contributed by atoms with Gasteiger partial charge in [0, 0.05) is 25.6 Å². The average molecular weight is 387 g/mol. The summed E-state index contributed by atoms with van der Waals surface area (Å²) in [5.41, 5.74) is 2.21. The first-order valence-electron chi connectivity index (χ1n) is 9.36. The van der Waals surface area contributed by atoms with Gasteiger partial charge in [0.2, 0.25) is 15.9 Å². The van der Waals surface area contributed by atoms with Crippen molar-refractivity contribution in [1.82, 2.24) is 9.62 Å². The van der Waals surface area contributed by atoms with Gasteiger partial charge in [0.05, 0.1) is 4.90 Å². The molecular weight excluding hydrogens is 360 g/mol. The summed E-state index contributed by atoms with van der Waals surface area (Å²) in [4.78, 5) is 12.7. The fourth-order valence-electron chi connectivity index (χ4n) is 3.42. The van der Waals surface area contributed by atoms with E-state index in [-0.39, 0.29) is 23.3 Å². The van der Waals surface area contributed by atoms with Crippen LogP contribution in [-0.4, -0.2) is 31.2 Å². The summed E-state index contributed by atoms with van der Waals surface area (Å²) in [7, 11) is -3.58. The highest BCUT2D eigenvalue weighted by atomic mass is 32.2.